The molecule has 0 heterocycles. The molecule has 0 aromatic heterocycles. The van der Waals surface area contributed by atoms with Crippen molar-refractivity contribution in [2.24, 2.45) is 5.10 Å². The zero-order valence-corrected chi connectivity index (χ0v) is 12.9. The number of hydrogen-bond donors (Lipinski definition) is 2. The summed E-state index contributed by atoms with van der Waals surface area (Å²) in [5.74, 6) is 0.664. The highest BCUT2D eigenvalue weighted by Gasteiger charge is 2.04. The number of hydrazone groups is 1. The van der Waals surface area contributed by atoms with Gasteiger partial charge in [-0.2, -0.15) is 5.10 Å². The molecule has 0 fully saturated rings. The van der Waals surface area contributed by atoms with Gasteiger partial charge >= 0.3 is 0 Å². The van der Waals surface area contributed by atoms with Crippen LogP contribution in [-0.2, 0) is 4.79 Å². The summed E-state index contributed by atoms with van der Waals surface area (Å²) in [5, 5.41) is 13.5. The van der Waals surface area contributed by atoms with E-state index in [1.165, 1.54) is 19.4 Å². The number of para-hydroxylation sites is 1. The fraction of sp³-hybridized carbons (Fsp3) is 0.176. The number of aryl methyl sites for hydroxylation is 1. The highest BCUT2D eigenvalue weighted by Crippen LogP contribution is 2.25. The molecule has 6 heteroatoms. The van der Waals surface area contributed by atoms with E-state index in [1.807, 2.05) is 25.1 Å². The average molecular weight is 314 g/mol. The van der Waals surface area contributed by atoms with Crippen molar-refractivity contribution in [1.82, 2.24) is 5.43 Å². The minimum Gasteiger partial charge on any atom is -0.504 e. The van der Waals surface area contributed by atoms with Gasteiger partial charge in [0.2, 0.25) is 0 Å². The van der Waals surface area contributed by atoms with Gasteiger partial charge < -0.3 is 14.6 Å². The van der Waals surface area contributed by atoms with Gasteiger partial charge in [-0.05, 0) is 42.3 Å². The Bertz CT molecular complexity index is 713. The molecule has 2 rings (SSSR count). The molecule has 0 saturated carbocycles. The minimum atomic E-state index is -0.373. The van der Waals surface area contributed by atoms with Crippen molar-refractivity contribution in [2.75, 3.05) is 13.7 Å². The van der Waals surface area contributed by atoms with Crippen LogP contribution in [-0.4, -0.2) is 30.9 Å². The Labute approximate surface area is 134 Å². The second-order valence-electron chi connectivity index (χ2n) is 4.78. The number of ether oxygens (including phenoxy) is 2. The number of nitrogens with zero attached hydrogens (tertiary/aromatic N) is 1. The molecule has 0 saturated heterocycles. The van der Waals surface area contributed by atoms with E-state index in [0.29, 0.717) is 17.1 Å². The summed E-state index contributed by atoms with van der Waals surface area (Å²) in [6.07, 6.45) is 1.42. The second-order valence-corrected chi connectivity index (χ2v) is 4.78. The molecule has 0 bridgehead atoms. The number of carbonyl (C=O) groups excluding carboxylic acids is 1. The van der Waals surface area contributed by atoms with E-state index in [-0.39, 0.29) is 18.3 Å². The van der Waals surface area contributed by atoms with Crippen LogP contribution in [0.25, 0.3) is 0 Å². The van der Waals surface area contributed by atoms with E-state index >= 15 is 0 Å². The van der Waals surface area contributed by atoms with Crippen molar-refractivity contribution >= 4 is 12.1 Å². The van der Waals surface area contributed by atoms with Crippen LogP contribution in [0.1, 0.15) is 11.1 Å². The maximum absolute atomic E-state index is 11.7. The molecule has 2 aromatic rings. The van der Waals surface area contributed by atoms with Crippen LogP contribution in [0.5, 0.6) is 17.2 Å². The third kappa shape index (κ3) is 4.74. The van der Waals surface area contributed by atoms with Crippen molar-refractivity contribution in [2.45, 2.75) is 6.92 Å². The number of amides is 1. The standard InChI is InChI=1S/C17H18N2O4/c1-12-5-3-4-6-15(12)23-11-17(21)19-18-10-13-7-8-16(22-2)14(20)9-13/h3-10,20H,11H2,1-2H3,(H,19,21)/b18-10+. The van der Waals surface area contributed by atoms with Crippen LogP contribution in [0.3, 0.4) is 0 Å². The number of phenols is 1. The number of aromatic hydroxyl groups is 1. The first kappa shape index (κ1) is 16.4. The van der Waals surface area contributed by atoms with Gasteiger partial charge in [0.1, 0.15) is 5.75 Å². The Balaban J connectivity index is 1.84. The molecule has 23 heavy (non-hydrogen) atoms. The van der Waals surface area contributed by atoms with Crippen molar-refractivity contribution in [1.29, 1.82) is 0 Å². The lowest BCUT2D eigenvalue weighted by Crippen LogP contribution is -2.24. The number of benzene rings is 2. The highest BCUT2D eigenvalue weighted by molar-refractivity contribution is 5.83. The highest BCUT2D eigenvalue weighted by atomic mass is 16.5. The third-order valence-corrected chi connectivity index (χ3v) is 3.06. The molecule has 0 aliphatic rings. The molecule has 0 aliphatic carbocycles. The smallest absolute Gasteiger partial charge is 0.277 e. The Morgan fingerprint density at radius 1 is 1.26 bits per heavy atom. The number of carbonyl (C=O) groups is 1. The first-order chi connectivity index (χ1) is 11.1. The quantitative estimate of drug-likeness (QED) is 0.633. The van der Waals surface area contributed by atoms with Crippen molar-refractivity contribution in [3.05, 3.63) is 53.6 Å². The summed E-state index contributed by atoms with van der Waals surface area (Å²) in [4.78, 5) is 11.7. The topological polar surface area (TPSA) is 80.2 Å². The maximum atomic E-state index is 11.7. The van der Waals surface area contributed by atoms with Crippen LogP contribution < -0.4 is 14.9 Å². The van der Waals surface area contributed by atoms with Crippen LogP contribution in [0, 0.1) is 6.92 Å². The number of hydrogen-bond acceptors (Lipinski definition) is 5. The molecule has 2 aromatic carbocycles. The van der Waals surface area contributed by atoms with Crippen molar-refractivity contribution < 1.29 is 19.4 Å². The van der Waals surface area contributed by atoms with E-state index in [0.717, 1.165) is 5.56 Å². The Kier molecular flexibility index (Phi) is 5.57. The van der Waals surface area contributed by atoms with Crippen LogP contribution >= 0.6 is 0 Å². The van der Waals surface area contributed by atoms with Gasteiger partial charge in [0, 0.05) is 0 Å². The molecule has 1 amide bonds. The zero-order chi connectivity index (χ0) is 16.7. The fourth-order valence-corrected chi connectivity index (χ4v) is 1.86. The number of phenolic OH excluding ortho intramolecular Hbond substituents is 1. The van der Waals surface area contributed by atoms with Gasteiger partial charge in [0.25, 0.3) is 5.91 Å². The Hall–Kier alpha value is -3.02. The van der Waals surface area contributed by atoms with E-state index in [9.17, 15) is 9.90 Å². The van der Waals surface area contributed by atoms with Crippen molar-refractivity contribution in [3.8, 4) is 17.2 Å². The van der Waals surface area contributed by atoms with Crippen LogP contribution in [0.2, 0.25) is 0 Å². The first-order valence-electron chi connectivity index (χ1n) is 6.97. The molecule has 0 aliphatic heterocycles. The van der Waals surface area contributed by atoms with Gasteiger partial charge in [-0.15, -0.1) is 0 Å². The minimum absolute atomic E-state index is 0.00524. The van der Waals surface area contributed by atoms with E-state index in [1.54, 1.807) is 18.2 Å². The molecule has 0 unspecified atom stereocenters. The Morgan fingerprint density at radius 3 is 2.74 bits per heavy atom. The maximum Gasteiger partial charge on any atom is 0.277 e. The summed E-state index contributed by atoms with van der Waals surface area (Å²) >= 11 is 0. The number of nitrogens with one attached hydrogen (secondary N) is 1. The summed E-state index contributed by atoms with van der Waals surface area (Å²) < 4.78 is 10.4. The van der Waals surface area contributed by atoms with Gasteiger partial charge in [-0.1, -0.05) is 18.2 Å². The Morgan fingerprint density at radius 2 is 2.04 bits per heavy atom. The predicted octanol–water partition coefficient (Wildman–Crippen LogP) is 2.24. The monoisotopic (exact) mass is 314 g/mol. The van der Waals surface area contributed by atoms with E-state index < -0.39 is 0 Å². The summed E-state index contributed by atoms with van der Waals surface area (Å²) in [6.45, 7) is 1.78. The number of methoxy groups -OCH3 is 1. The van der Waals surface area contributed by atoms with Crippen molar-refractivity contribution in [3.63, 3.8) is 0 Å². The first-order valence-corrected chi connectivity index (χ1v) is 6.97. The van der Waals surface area contributed by atoms with Crippen LogP contribution in [0.4, 0.5) is 0 Å². The molecule has 6 nitrogen and oxygen atoms in total. The summed E-state index contributed by atoms with van der Waals surface area (Å²) in [6, 6.07) is 12.2. The molecule has 0 spiro atoms. The number of rotatable bonds is 6. The third-order valence-electron chi connectivity index (χ3n) is 3.06. The largest absolute Gasteiger partial charge is 0.504 e. The lowest BCUT2D eigenvalue weighted by atomic mass is 10.2. The van der Waals surface area contributed by atoms with Gasteiger partial charge in [-0.3, -0.25) is 4.79 Å². The summed E-state index contributed by atoms with van der Waals surface area (Å²) in [5.41, 5.74) is 3.95. The molecule has 120 valence electrons. The van der Waals surface area contributed by atoms with Gasteiger partial charge in [0.05, 0.1) is 13.3 Å². The molecule has 0 atom stereocenters. The van der Waals surface area contributed by atoms with E-state index in [2.05, 4.69) is 10.5 Å². The van der Waals surface area contributed by atoms with Gasteiger partial charge in [-0.25, -0.2) is 5.43 Å². The summed E-state index contributed by atoms with van der Waals surface area (Å²) in [7, 11) is 1.47. The molecular weight excluding hydrogens is 296 g/mol. The lowest BCUT2D eigenvalue weighted by molar-refractivity contribution is -0.123. The second kappa shape index (κ2) is 7.84. The average Bonchev–Trinajstić information content (AvgIpc) is 2.54. The van der Waals surface area contributed by atoms with E-state index in [4.69, 9.17) is 9.47 Å². The predicted molar refractivity (Wildman–Crippen MR) is 87.1 cm³/mol. The fourth-order valence-electron chi connectivity index (χ4n) is 1.86. The molecular formula is C17H18N2O4. The zero-order valence-electron chi connectivity index (χ0n) is 12.9. The lowest BCUT2D eigenvalue weighted by Gasteiger charge is -2.07. The normalized spacial score (nSPS) is 10.5. The SMILES string of the molecule is COc1ccc(/C=N/NC(=O)COc2ccccc2C)cc1O. The molecule has 2 N–H and O–H groups in total. The van der Waals surface area contributed by atoms with Crippen LogP contribution in [0.15, 0.2) is 47.6 Å². The molecule has 0 radical (unpaired) electrons. The van der Waals surface area contributed by atoms with Gasteiger partial charge in [0.15, 0.2) is 18.1 Å².